The Kier molecular flexibility index (Phi) is 6.97. The molecule has 3 rings (SSSR count). The van der Waals surface area contributed by atoms with Crippen molar-refractivity contribution in [3.8, 4) is 11.5 Å². The van der Waals surface area contributed by atoms with Crippen LogP contribution in [0.2, 0.25) is 0 Å². The average molecular weight is 440 g/mol. The molecule has 0 aromatic heterocycles. The summed E-state index contributed by atoms with van der Waals surface area (Å²) in [4.78, 5) is 13.1. The van der Waals surface area contributed by atoms with Gasteiger partial charge in [0.2, 0.25) is 0 Å². The number of amides is 1. The van der Waals surface area contributed by atoms with E-state index in [0.29, 0.717) is 18.1 Å². The number of ether oxygens (including phenoxy) is 2. The van der Waals surface area contributed by atoms with E-state index < -0.39 is 22.5 Å². The first-order valence-corrected chi connectivity index (χ1v) is 11.3. The second-order valence-corrected chi connectivity index (χ2v) is 8.79. The van der Waals surface area contributed by atoms with Crippen LogP contribution in [0.3, 0.4) is 0 Å². The summed E-state index contributed by atoms with van der Waals surface area (Å²) in [6.45, 7) is 5.71. The molecule has 0 radical (unpaired) electrons. The molecule has 1 amide bonds. The van der Waals surface area contributed by atoms with Gasteiger partial charge < -0.3 is 9.47 Å². The van der Waals surface area contributed by atoms with Gasteiger partial charge in [-0.3, -0.25) is 4.79 Å². The highest BCUT2D eigenvalue weighted by molar-refractivity contribution is 7.93. The number of benzene rings is 3. The van der Waals surface area contributed by atoms with Gasteiger partial charge in [-0.1, -0.05) is 35.4 Å². The Morgan fingerprint density at radius 2 is 1.26 bits per heavy atom. The number of aryl methyl sites for hydroxylation is 2. The first-order valence-electron chi connectivity index (χ1n) is 9.88. The molecule has 0 unspecified atom stereocenters. The van der Waals surface area contributed by atoms with E-state index >= 15 is 0 Å². The van der Waals surface area contributed by atoms with Gasteiger partial charge in [0.25, 0.3) is 15.9 Å². The van der Waals surface area contributed by atoms with Gasteiger partial charge in [0, 0.05) is 0 Å². The predicted molar refractivity (Wildman–Crippen MR) is 120 cm³/mol. The molecule has 0 fully saturated rings. The molecule has 0 saturated heterocycles. The summed E-state index contributed by atoms with van der Waals surface area (Å²) >= 11 is 0. The first-order chi connectivity index (χ1) is 14.8. The van der Waals surface area contributed by atoms with Crippen LogP contribution in [0.5, 0.6) is 11.5 Å². The third kappa shape index (κ3) is 5.44. The van der Waals surface area contributed by atoms with Crippen molar-refractivity contribution in [2.45, 2.75) is 25.7 Å². The molecule has 31 heavy (non-hydrogen) atoms. The van der Waals surface area contributed by atoms with Crippen LogP contribution >= 0.6 is 0 Å². The summed E-state index contributed by atoms with van der Waals surface area (Å²) in [7, 11) is -4.14. The van der Waals surface area contributed by atoms with Crippen molar-refractivity contribution in [1.82, 2.24) is 0 Å². The standard InChI is InChI=1S/C24H25NO5S/c1-4-29-21-13-9-20(10-14-21)25(31(27,28)23-15-7-19(3)8-16-23)24(26)17-30-22-11-5-18(2)6-12-22/h5-16H,4,17H2,1-3H3. The molecule has 0 aliphatic carbocycles. The third-order valence-corrected chi connectivity index (χ3v) is 6.31. The SMILES string of the molecule is CCOc1ccc(N(C(=O)COc2ccc(C)cc2)S(=O)(=O)c2ccc(C)cc2)cc1. The summed E-state index contributed by atoms with van der Waals surface area (Å²) in [5, 5.41) is 0. The van der Waals surface area contributed by atoms with Gasteiger partial charge in [-0.2, -0.15) is 4.31 Å². The zero-order chi connectivity index (χ0) is 22.4. The number of rotatable bonds is 8. The monoisotopic (exact) mass is 439 g/mol. The van der Waals surface area contributed by atoms with E-state index in [4.69, 9.17) is 9.47 Å². The second-order valence-electron chi connectivity index (χ2n) is 7.00. The van der Waals surface area contributed by atoms with Gasteiger partial charge in [-0.15, -0.1) is 0 Å². The van der Waals surface area contributed by atoms with Crippen molar-refractivity contribution in [2.75, 3.05) is 17.5 Å². The van der Waals surface area contributed by atoms with Crippen molar-refractivity contribution in [3.63, 3.8) is 0 Å². The Hall–Kier alpha value is -3.32. The molecule has 0 atom stereocenters. The molecule has 0 saturated carbocycles. The number of carbonyl (C=O) groups is 1. The van der Waals surface area contributed by atoms with Gasteiger partial charge in [-0.05, 0) is 69.3 Å². The van der Waals surface area contributed by atoms with Crippen molar-refractivity contribution >= 4 is 21.6 Å². The Morgan fingerprint density at radius 3 is 1.81 bits per heavy atom. The third-order valence-electron chi connectivity index (χ3n) is 4.55. The molecular formula is C24H25NO5S. The quantitative estimate of drug-likeness (QED) is 0.517. The Morgan fingerprint density at radius 1 is 0.774 bits per heavy atom. The zero-order valence-corrected chi connectivity index (χ0v) is 18.6. The van der Waals surface area contributed by atoms with Gasteiger partial charge in [0.1, 0.15) is 11.5 Å². The van der Waals surface area contributed by atoms with E-state index in [0.717, 1.165) is 15.4 Å². The Balaban J connectivity index is 1.93. The minimum Gasteiger partial charge on any atom is -0.494 e. The maximum absolute atomic E-state index is 13.4. The van der Waals surface area contributed by atoms with E-state index in [-0.39, 0.29) is 10.6 Å². The van der Waals surface area contributed by atoms with Crippen molar-refractivity contribution in [3.05, 3.63) is 83.9 Å². The summed E-state index contributed by atoms with van der Waals surface area (Å²) in [6, 6.07) is 19.9. The van der Waals surface area contributed by atoms with E-state index in [2.05, 4.69) is 0 Å². The van der Waals surface area contributed by atoms with E-state index in [9.17, 15) is 13.2 Å². The van der Waals surface area contributed by atoms with Gasteiger partial charge in [0.15, 0.2) is 6.61 Å². The summed E-state index contributed by atoms with van der Waals surface area (Å²) < 4.78 is 38.5. The van der Waals surface area contributed by atoms with Gasteiger partial charge in [0.05, 0.1) is 17.2 Å². The van der Waals surface area contributed by atoms with Crippen LogP contribution < -0.4 is 13.8 Å². The molecule has 0 spiro atoms. The molecule has 0 aliphatic rings. The van der Waals surface area contributed by atoms with Crippen molar-refractivity contribution < 1.29 is 22.7 Å². The normalized spacial score (nSPS) is 11.1. The topological polar surface area (TPSA) is 72.9 Å². The minimum atomic E-state index is -4.14. The molecule has 6 nitrogen and oxygen atoms in total. The number of hydrogen-bond acceptors (Lipinski definition) is 5. The molecule has 3 aromatic rings. The highest BCUT2D eigenvalue weighted by Gasteiger charge is 2.31. The molecule has 0 N–H and O–H groups in total. The second kappa shape index (κ2) is 9.66. The maximum Gasteiger partial charge on any atom is 0.278 e. The molecule has 0 heterocycles. The fourth-order valence-electron chi connectivity index (χ4n) is 2.92. The van der Waals surface area contributed by atoms with Crippen LogP contribution in [0, 0.1) is 13.8 Å². The number of anilines is 1. The Labute approximate surface area is 183 Å². The molecule has 3 aromatic carbocycles. The van der Waals surface area contributed by atoms with Crippen LogP contribution in [0.4, 0.5) is 5.69 Å². The van der Waals surface area contributed by atoms with Crippen LogP contribution in [-0.4, -0.2) is 27.5 Å². The van der Waals surface area contributed by atoms with Crippen LogP contribution in [0.25, 0.3) is 0 Å². The van der Waals surface area contributed by atoms with Crippen molar-refractivity contribution in [1.29, 1.82) is 0 Å². The lowest BCUT2D eigenvalue weighted by atomic mass is 10.2. The number of sulfonamides is 1. The van der Waals surface area contributed by atoms with Crippen LogP contribution in [-0.2, 0) is 14.8 Å². The predicted octanol–water partition coefficient (Wildman–Crippen LogP) is 4.50. The van der Waals surface area contributed by atoms with E-state index in [1.54, 1.807) is 48.5 Å². The summed E-state index contributed by atoms with van der Waals surface area (Å²) in [5.74, 6) is 0.367. The number of hydrogen-bond donors (Lipinski definition) is 0. The lowest BCUT2D eigenvalue weighted by Gasteiger charge is -2.23. The molecular weight excluding hydrogens is 414 g/mol. The van der Waals surface area contributed by atoms with Gasteiger partial charge >= 0.3 is 0 Å². The van der Waals surface area contributed by atoms with Gasteiger partial charge in [-0.25, -0.2) is 8.42 Å². The molecule has 0 aliphatic heterocycles. The summed E-state index contributed by atoms with van der Waals surface area (Å²) in [5.41, 5.74) is 2.18. The lowest BCUT2D eigenvalue weighted by molar-refractivity contribution is -0.119. The fraction of sp³-hybridized carbons (Fsp3) is 0.208. The largest absolute Gasteiger partial charge is 0.494 e. The van der Waals surface area contributed by atoms with Crippen LogP contribution in [0.15, 0.2) is 77.7 Å². The van der Waals surface area contributed by atoms with Crippen molar-refractivity contribution in [2.24, 2.45) is 0 Å². The highest BCUT2D eigenvalue weighted by atomic mass is 32.2. The lowest BCUT2D eigenvalue weighted by Crippen LogP contribution is -2.40. The Bertz CT molecular complexity index is 1120. The zero-order valence-electron chi connectivity index (χ0n) is 17.7. The first kappa shape index (κ1) is 22.4. The maximum atomic E-state index is 13.4. The van der Waals surface area contributed by atoms with E-state index in [1.165, 1.54) is 12.1 Å². The van der Waals surface area contributed by atoms with E-state index in [1.807, 2.05) is 32.9 Å². The highest BCUT2D eigenvalue weighted by Crippen LogP contribution is 2.27. The summed E-state index contributed by atoms with van der Waals surface area (Å²) in [6.07, 6.45) is 0. The fourth-order valence-corrected chi connectivity index (χ4v) is 4.33. The molecule has 7 heteroatoms. The molecule has 162 valence electrons. The van der Waals surface area contributed by atoms with Crippen LogP contribution in [0.1, 0.15) is 18.1 Å². The minimum absolute atomic E-state index is 0.0238. The number of nitrogens with zero attached hydrogens (tertiary/aromatic N) is 1. The smallest absolute Gasteiger partial charge is 0.278 e. The number of carbonyl (C=O) groups excluding carboxylic acids is 1. The molecule has 0 bridgehead atoms. The average Bonchev–Trinajstić information content (AvgIpc) is 2.75.